The third-order valence-electron chi connectivity index (χ3n) is 6.54. The summed E-state index contributed by atoms with van der Waals surface area (Å²) in [4.78, 5) is 40.2. The van der Waals surface area contributed by atoms with Gasteiger partial charge < -0.3 is 23.8 Å². The van der Waals surface area contributed by atoms with E-state index in [1.54, 1.807) is 43.4 Å². The number of hydrogen-bond donors (Lipinski definition) is 0. The van der Waals surface area contributed by atoms with Crippen molar-refractivity contribution in [2.45, 2.75) is 45.6 Å². The van der Waals surface area contributed by atoms with Gasteiger partial charge in [0.1, 0.15) is 5.75 Å². The molecule has 36 heavy (non-hydrogen) atoms. The van der Waals surface area contributed by atoms with E-state index in [4.69, 9.17) is 18.9 Å². The third-order valence-corrected chi connectivity index (χ3v) is 7.58. The lowest BCUT2D eigenvalue weighted by atomic mass is 9.82. The van der Waals surface area contributed by atoms with E-state index < -0.39 is 12.0 Å². The molecule has 1 aromatic carbocycles. The van der Waals surface area contributed by atoms with Gasteiger partial charge in [-0.3, -0.25) is 9.59 Å². The van der Waals surface area contributed by atoms with Crippen molar-refractivity contribution >= 4 is 35.2 Å². The Morgan fingerprint density at radius 3 is 2.31 bits per heavy atom. The van der Waals surface area contributed by atoms with Gasteiger partial charge in [-0.15, -0.1) is 0 Å². The molecule has 0 saturated heterocycles. The second kappa shape index (κ2) is 13.0. The first-order valence-corrected chi connectivity index (χ1v) is 12.9. The van der Waals surface area contributed by atoms with Crippen LogP contribution in [0.3, 0.4) is 0 Å². The van der Waals surface area contributed by atoms with E-state index in [9.17, 15) is 14.4 Å². The number of carbonyl (C=O) groups excluding carboxylic acids is 3. The number of methoxy groups -OCH3 is 3. The maximum atomic E-state index is 13.9. The number of esters is 1. The highest BCUT2D eigenvalue weighted by atomic mass is 32.1. The zero-order valence-electron chi connectivity index (χ0n) is 21.6. The molecule has 3 rings (SSSR count). The second-order valence-corrected chi connectivity index (χ2v) is 10.3. The molecule has 8 nitrogen and oxygen atoms in total. The van der Waals surface area contributed by atoms with E-state index in [1.165, 1.54) is 18.4 Å². The largest absolute Gasteiger partial charge is 0.465 e. The maximum absolute atomic E-state index is 13.9. The summed E-state index contributed by atoms with van der Waals surface area (Å²) in [7, 11) is 4.45. The molecule has 0 aliphatic heterocycles. The molecule has 1 saturated carbocycles. The van der Waals surface area contributed by atoms with Crippen LogP contribution in [0.1, 0.15) is 58.2 Å². The Labute approximate surface area is 216 Å². The van der Waals surface area contributed by atoms with Crippen molar-refractivity contribution < 1.29 is 33.3 Å². The fourth-order valence-corrected chi connectivity index (χ4v) is 5.45. The van der Waals surface area contributed by atoms with Crippen LogP contribution in [-0.2, 0) is 19.0 Å². The van der Waals surface area contributed by atoms with Gasteiger partial charge in [-0.2, -0.15) is 0 Å². The summed E-state index contributed by atoms with van der Waals surface area (Å²) >= 11 is 1.22. The molecule has 0 N–H and O–H groups in total. The number of aldehydes is 1. The summed E-state index contributed by atoms with van der Waals surface area (Å²) in [6.07, 6.45) is 4.35. The van der Waals surface area contributed by atoms with E-state index in [0.717, 1.165) is 37.5 Å². The smallest absolute Gasteiger partial charge is 0.340 e. The summed E-state index contributed by atoms with van der Waals surface area (Å²) in [5, 5.41) is 0.557. The topological polar surface area (TPSA) is 91.4 Å². The molecule has 1 aromatic heterocycles. The molecule has 0 unspecified atom stereocenters. The first-order valence-electron chi connectivity index (χ1n) is 12.1. The maximum Gasteiger partial charge on any atom is 0.340 e. The molecular weight excluding hydrogens is 482 g/mol. The minimum atomic E-state index is -0.587. The Bertz CT molecular complexity index is 1050. The third kappa shape index (κ3) is 6.52. The van der Waals surface area contributed by atoms with Gasteiger partial charge in [0, 0.05) is 25.7 Å². The molecule has 1 aliphatic rings. The average Bonchev–Trinajstić information content (AvgIpc) is 3.24. The highest BCUT2D eigenvalue weighted by molar-refractivity contribution is 7.15. The molecule has 2 aromatic rings. The molecule has 1 fully saturated rings. The van der Waals surface area contributed by atoms with Crippen LogP contribution in [0, 0.1) is 18.8 Å². The molecular formula is C27H35NO7S. The minimum absolute atomic E-state index is 0.0513. The monoisotopic (exact) mass is 517 g/mol. The van der Waals surface area contributed by atoms with Crippen LogP contribution < -0.4 is 9.64 Å². The number of anilines is 1. The van der Waals surface area contributed by atoms with Gasteiger partial charge in [0.05, 0.1) is 42.5 Å². The Kier molecular flexibility index (Phi) is 10.0. The van der Waals surface area contributed by atoms with Crippen LogP contribution in [0.15, 0.2) is 24.3 Å². The number of ether oxygens (including phenoxy) is 4. The lowest BCUT2D eigenvalue weighted by Crippen LogP contribution is -2.49. The normalized spacial score (nSPS) is 17.6. The number of thiophene rings is 1. The van der Waals surface area contributed by atoms with Crippen LogP contribution in [0.25, 0.3) is 0 Å². The number of hydrogen-bond acceptors (Lipinski definition) is 8. The number of amides is 1. The van der Waals surface area contributed by atoms with Gasteiger partial charge in [0.2, 0.25) is 5.91 Å². The minimum Gasteiger partial charge on any atom is -0.465 e. The molecule has 0 bridgehead atoms. The van der Waals surface area contributed by atoms with Gasteiger partial charge in [0.25, 0.3) is 0 Å². The fraction of sp³-hybridized carbons (Fsp3) is 0.519. The standard InChI is InChI=1S/C27H35NO7S/c1-17-6-8-19(9-7-17)25(30)28(20(15-32-3)16-33-4)24-11-10-21(13-23(24)26(31)34-5)35-27-18(2)12-22(14-29)36-27/h10-14,17,19-20H,6-9,15-16H2,1-5H3/t17-,19-. The number of rotatable bonds is 11. The van der Waals surface area contributed by atoms with Crippen molar-refractivity contribution in [3.8, 4) is 10.8 Å². The molecule has 1 amide bonds. The number of nitrogens with zero attached hydrogens (tertiary/aromatic N) is 1. The number of carbonyl (C=O) groups is 3. The summed E-state index contributed by atoms with van der Waals surface area (Å²) in [5.41, 5.74) is 1.44. The van der Waals surface area contributed by atoms with E-state index in [-0.39, 0.29) is 30.6 Å². The highest BCUT2D eigenvalue weighted by Crippen LogP contribution is 2.37. The van der Waals surface area contributed by atoms with Crippen molar-refractivity contribution in [1.29, 1.82) is 0 Å². The zero-order chi connectivity index (χ0) is 26.2. The molecule has 0 atom stereocenters. The van der Waals surface area contributed by atoms with Crippen molar-refractivity contribution in [2.24, 2.45) is 11.8 Å². The number of aryl methyl sites for hydroxylation is 1. The van der Waals surface area contributed by atoms with Gasteiger partial charge in [-0.05, 0) is 62.8 Å². The van der Waals surface area contributed by atoms with Crippen molar-refractivity contribution in [1.82, 2.24) is 0 Å². The van der Waals surface area contributed by atoms with Crippen LogP contribution in [0.4, 0.5) is 5.69 Å². The molecule has 1 aliphatic carbocycles. The Balaban J connectivity index is 2.04. The lowest BCUT2D eigenvalue weighted by Gasteiger charge is -2.36. The predicted molar refractivity (Wildman–Crippen MR) is 138 cm³/mol. The first-order chi connectivity index (χ1) is 17.3. The molecule has 196 valence electrons. The van der Waals surface area contributed by atoms with Gasteiger partial charge in [-0.1, -0.05) is 18.3 Å². The van der Waals surface area contributed by atoms with E-state index in [1.807, 2.05) is 6.92 Å². The lowest BCUT2D eigenvalue weighted by molar-refractivity contribution is -0.124. The van der Waals surface area contributed by atoms with Gasteiger partial charge in [0.15, 0.2) is 11.3 Å². The highest BCUT2D eigenvalue weighted by Gasteiger charge is 2.35. The fourth-order valence-electron chi connectivity index (χ4n) is 4.60. The summed E-state index contributed by atoms with van der Waals surface area (Å²) < 4.78 is 21.9. The zero-order valence-corrected chi connectivity index (χ0v) is 22.4. The van der Waals surface area contributed by atoms with Gasteiger partial charge in [-0.25, -0.2) is 4.79 Å². The van der Waals surface area contributed by atoms with Crippen molar-refractivity contribution in [2.75, 3.05) is 39.4 Å². The van der Waals surface area contributed by atoms with Crippen LogP contribution >= 0.6 is 11.3 Å². The Morgan fingerprint density at radius 1 is 1.08 bits per heavy atom. The Hall–Kier alpha value is -2.75. The average molecular weight is 518 g/mol. The quantitative estimate of drug-likeness (QED) is 0.296. The molecule has 0 radical (unpaired) electrons. The SMILES string of the molecule is COCC(COC)N(c1ccc(Oc2sc(C=O)cc2C)cc1C(=O)OC)C(=O)[C@H]1CC[C@H](C)CC1. The van der Waals surface area contributed by atoms with E-state index in [2.05, 4.69) is 6.92 Å². The molecule has 1 heterocycles. The molecule has 9 heteroatoms. The van der Waals surface area contributed by atoms with Crippen LogP contribution in [0.5, 0.6) is 10.8 Å². The van der Waals surface area contributed by atoms with Crippen LogP contribution in [-0.4, -0.2) is 58.7 Å². The molecule has 0 spiro atoms. The summed E-state index contributed by atoms with van der Waals surface area (Å²) in [5.74, 6) is 0.212. The summed E-state index contributed by atoms with van der Waals surface area (Å²) in [6.45, 7) is 4.54. The van der Waals surface area contributed by atoms with E-state index >= 15 is 0 Å². The summed E-state index contributed by atoms with van der Waals surface area (Å²) in [6, 6.07) is 6.29. The Morgan fingerprint density at radius 2 is 1.75 bits per heavy atom. The van der Waals surface area contributed by atoms with Gasteiger partial charge >= 0.3 is 5.97 Å². The van der Waals surface area contributed by atoms with E-state index in [0.29, 0.717) is 27.3 Å². The first kappa shape index (κ1) is 27.8. The van der Waals surface area contributed by atoms with Crippen LogP contribution in [0.2, 0.25) is 0 Å². The predicted octanol–water partition coefficient (Wildman–Crippen LogP) is 5.27. The van der Waals surface area contributed by atoms with Crippen molar-refractivity contribution in [3.05, 3.63) is 40.3 Å². The number of benzene rings is 1. The second-order valence-electron chi connectivity index (χ2n) is 9.24. The van der Waals surface area contributed by atoms with Crippen molar-refractivity contribution in [3.63, 3.8) is 0 Å².